The molecule has 0 spiro atoms. The van der Waals surface area contributed by atoms with Crippen molar-refractivity contribution in [2.75, 3.05) is 11.5 Å². The van der Waals surface area contributed by atoms with Crippen LogP contribution < -0.4 is 11.1 Å². The molecule has 0 saturated carbocycles. The maximum Gasteiger partial charge on any atom is 0.248 e. The Labute approximate surface area is 106 Å². The summed E-state index contributed by atoms with van der Waals surface area (Å²) in [4.78, 5) is 10.9. The Morgan fingerprint density at radius 2 is 2.00 bits per heavy atom. The minimum atomic E-state index is -2.84. The molecule has 1 fully saturated rings. The molecular formula is C12H16N2O3S. The van der Waals surface area contributed by atoms with Gasteiger partial charge < -0.3 is 11.1 Å². The number of rotatable bonds is 4. The summed E-state index contributed by atoms with van der Waals surface area (Å²) in [5.74, 6) is 0.0360. The largest absolute Gasteiger partial charge is 0.366 e. The van der Waals surface area contributed by atoms with Crippen LogP contribution in [-0.2, 0) is 16.4 Å². The molecule has 1 aromatic carbocycles. The molecule has 1 aliphatic heterocycles. The Balaban J connectivity index is 1.89. The second kappa shape index (κ2) is 5.07. The molecule has 2 rings (SSSR count). The van der Waals surface area contributed by atoms with Crippen LogP contribution in [0.3, 0.4) is 0 Å². The van der Waals surface area contributed by atoms with E-state index in [1.165, 1.54) is 0 Å². The zero-order valence-electron chi connectivity index (χ0n) is 9.93. The molecular weight excluding hydrogens is 252 g/mol. The zero-order chi connectivity index (χ0) is 13.2. The van der Waals surface area contributed by atoms with Crippen molar-refractivity contribution in [2.24, 2.45) is 5.73 Å². The van der Waals surface area contributed by atoms with E-state index in [0.717, 1.165) is 5.56 Å². The van der Waals surface area contributed by atoms with Crippen molar-refractivity contribution in [1.29, 1.82) is 0 Å². The van der Waals surface area contributed by atoms with Crippen LogP contribution in [-0.4, -0.2) is 31.9 Å². The number of carbonyl (C=O) groups excluding carboxylic acids is 1. The Morgan fingerprint density at radius 3 is 2.50 bits per heavy atom. The van der Waals surface area contributed by atoms with Gasteiger partial charge in [0.05, 0.1) is 11.5 Å². The van der Waals surface area contributed by atoms with Crippen molar-refractivity contribution in [3.05, 3.63) is 35.4 Å². The van der Waals surface area contributed by atoms with Crippen molar-refractivity contribution in [3.63, 3.8) is 0 Å². The number of sulfone groups is 1. The average molecular weight is 268 g/mol. The molecule has 18 heavy (non-hydrogen) atoms. The molecule has 1 heterocycles. The highest BCUT2D eigenvalue weighted by atomic mass is 32.2. The van der Waals surface area contributed by atoms with Gasteiger partial charge in [-0.15, -0.1) is 0 Å². The molecule has 1 atom stereocenters. The fourth-order valence-electron chi connectivity index (χ4n) is 2.01. The molecule has 0 aromatic heterocycles. The summed E-state index contributed by atoms with van der Waals surface area (Å²) in [7, 11) is -2.84. The lowest BCUT2D eigenvalue weighted by molar-refractivity contribution is 0.100. The monoisotopic (exact) mass is 268 g/mol. The Morgan fingerprint density at radius 1 is 1.33 bits per heavy atom. The molecule has 1 aromatic rings. The highest BCUT2D eigenvalue weighted by molar-refractivity contribution is 7.91. The van der Waals surface area contributed by atoms with Crippen LogP contribution in [0.1, 0.15) is 22.3 Å². The SMILES string of the molecule is NC(=O)c1ccc(CNC2CCS(=O)(=O)C2)cc1. The van der Waals surface area contributed by atoms with Crippen molar-refractivity contribution in [2.45, 2.75) is 19.0 Å². The van der Waals surface area contributed by atoms with Crippen molar-refractivity contribution in [1.82, 2.24) is 5.32 Å². The number of nitrogens with two attached hydrogens (primary N) is 1. The smallest absolute Gasteiger partial charge is 0.248 e. The summed E-state index contributed by atoms with van der Waals surface area (Å²) in [6.45, 7) is 0.596. The van der Waals surface area contributed by atoms with Gasteiger partial charge in [0.2, 0.25) is 5.91 Å². The van der Waals surface area contributed by atoms with Gasteiger partial charge >= 0.3 is 0 Å². The number of carbonyl (C=O) groups is 1. The first kappa shape index (κ1) is 13.0. The molecule has 6 heteroatoms. The van der Waals surface area contributed by atoms with E-state index < -0.39 is 15.7 Å². The van der Waals surface area contributed by atoms with Gasteiger partial charge in [-0.2, -0.15) is 0 Å². The maximum atomic E-state index is 11.3. The lowest BCUT2D eigenvalue weighted by atomic mass is 10.1. The Bertz CT molecular complexity index is 537. The van der Waals surface area contributed by atoms with E-state index >= 15 is 0 Å². The van der Waals surface area contributed by atoms with Gasteiger partial charge in [0.15, 0.2) is 9.84 Å². The summed E-state index contributed by atoms with van der Waals surface area (Å²) < 4.78 is 22.6. The second-order valence-electron chi connectivity index (χ2n) is 4.54. The number of amides is 1. The summed E-state index contributed by atoms with van der Waals surface area (Å²) >= 11 is 0. The topological polar surface area (TPSA) is 89.3 Å². The van der Waals surface area contributed by atoms with E-state index in [2.05, 4.69) is 5.32 Å². The van der Waals surface area contributed by atoms with Crippen molar-refractivity contribution >= 4 is 15.7 Å². The van der Waals surface area contributed by atoms with E-state index in [4.69, 9.17) is 5.73 Å². The van der Waals surface area contributed by atoms with Crippen LogP contribution in [0.2, 0.25) is 0 Å². The number of primary amides is 1. The van der Waals surface area contributed by atoms with Crippen LogP contribution in [0.4, 0.5) is 0 Å². The highest BCUT2D eigenvalue weighted by Crippen LogP contribution is 2.12. The summed E-state index contributed by atoms with van der Waals surface area (Å²) in [5.41, 5.74) is 6.62. The molecule has 0 radical (unpaired) electrons. The van der Waals surface area contributed by atoms with Crippen LogP contribution in [0.5, 0.6) is 0 Å². The van der Waals surface area contributed by atoms with Gasteiger partial charge in [0, 0.05) is 18.2 Å². The summed E-state index contributed by atoms with van der Waals surface area (Å²) in [5, 5.41) is 3.21. The van der Waals surface area contributed by atoms with E-state index in [1.807, 2.05) is 12.1 Å². The van der Waals surface area contributed by atoms with Crippen LogP contribution in [0, 0.1) is 0 Å². The molecule has 5 nitrogen and oxygen atoms in total. The fourth-order valence-corrected chi connectivity index (χ4v) is 3.71. The Hall–Kier alpha value is -1.40. The predicted octanol–water partition coefficient (Wildman–Crippen LogP) is 0.0622. The van der Waals surface area contributed by atoms with Crippen LogP contribution >= 0.6 is 0 Å². The normalized spacial score (nSPS) is 21.9. The minimum Gasteiger partial charge on any atom is -0.366 e. The second-order valence-corrected chi connectivity index (χ2v) is 6.77. The van der Waals surface area contributed by atoms with E-state index in [1.54, 1.807) is 12.1 Å². The van der Waals surface area contributed by atoms with E-state index in [0.29, 0.717) is 18.5 Å². The lowest BCUT2D eigenvalue weighted by Gasteiger charge is -2.10. The van der Waals surface area contributed by atoms with Gasteiger partial charge in [-0.1, -0.05) is 12.1 Å². The first-order valence-corrected chi connectivity index (χ1v) is 7.61. The standard InChI is InChI=1S/C12H16N2O3S/c13-12(15)10-3-1-9(2-4-10)7-14-11-5-6-18(16,17)8-11/h1-4,11,14H,5-8H2,(H2,13,15). The Kier molecular flexibility index (Phi) is 3.68. The number of nitrogens with one attached hydrogen (secondary N) is 1. The minimum absolute atomic E-state index is 0.0332. The van der Waals surface area contributed by atoms with Gasteiger partial charge in [-0.3, -0.25) is 4.79 Å². The number of hydrogen-bond donors (Lipinski definition) is 2. The molecule has 1 saturated heterocycles. The van der Waals surface area contributed by atoms with Crippen molar-refractivity contribution in [3.8, 4) is 0 Å². The quantitative estimate of drug-likeness (QED) is 0.808. The van der Waals surface area contributed by atoms with E-state index in [-0.39, 0.29) is 17.5 Å². The van der Waals surface area contributed by atoms with Gasteiger partial charge in [0.25, 0.3) is 0 Å². The lowest BCUT2D eigenvalue weighted by Crippen LogP contribution is -2.29. The van der Waals surface area contributed by atoms with Gasteiger partial charge in [0.1, 0.15) is 0 Å². The fraction of sp³-hybridized carbons (Fsp3) is 0.417. The predicted molar refractivity (Wildman–Crippen MR) is 68.9 cm³/mol. The molecule has 3 N–H and O–H groups in total. The molecule has 98 valence electrons. The average Bonchev–Trinajstić information content (AvgIpc) is 2.67. The number of hydrogen-bond acceptors (Lipinski definition) is 4. The first-order chi connectivity index (χ1) is 8.46. The molecule has 1 unspecified atom stereocenters. The molecule has 1 aliphatic rings. The van der Waals surface area contributed by atoms with Crippen LogP contribution in [0.25, 0.3) is 0 Å². The summed E-state index contributed by atoms with van der Waals surface area (Å²) in [6, 6.07) is 7.01. The molecule has 1 amide bonds. The zero-order valence-corrected chi connectivity index (χ0v) is 10.7. The van der Waals surface area contributed by atoms with Crippen molar-refractivity contribution < 1.29 is 13.2 Å². The van der Waals surface area contributed by atoms with Gasteiger partial charge in [-0.25, -0.2) is 8.42 Å². The third-order valence-corrected chi connectivity index (χ3v) is 4.83. The van der Waals surface area contributed by atoms with E-state index in [9.17, 15) is 13.2 Å². The summed E-state index contributed by atoms with van der Waals surface area (Å²) in [6.07, 6.45) is 0.668. The first-order valence-electron chi connectivity index (χ1n) is 5.79. The number of benzene rings is 1. The van der Waals surface area contributed by atoms with Crippen LogP contribution in [0.15, 0.2) is 24.3 Å². The highest BCUT2D eigenvalue weighted by Gasteiger charge is 2.27. The maximum absolute atomic E-state index is 11.3. The molecule has 0 aliphatic carbocycles. The third kappa shape index (κ3) is 3.30. The van der Waals surface area contributed by atoms with Gasteiger partial charge in [-0.05, 0) is 24.1 Å². The third-order valence-electron chi connectivity index (χ3n) is 3.07. The molecule has 0 bridgehead atoms.